The van der Waals surface area contributed by atoms with E-state index >= 15 is 0 Å². The van der Waals surface area contributed by atoms with Gasteiger partial charge in [-0.25, -0.2) is 0 Å². The summed E-state index contributed by atoms with van der Waals surface area (Å²) in [5.41, 5.74) is 2.02. The van der Waals surface area contributed by atoms with Crippen molar-refractivity contribution in [2.45, 2.75) is 6.92 Å². The van der Waals surface area contributed by atoms with Crippen molar-refractivity contribution in [3.05, 3.63) is 75.5 Å². The predicted molar refractivity (Wildman–Crippen MR) is 96.1 cm³/mol. The quantitative estimate of drug-likeness (QED) is 0.528. The number of ketones is 1. The highest BCUT2D eigenvalue weighted by atomic mass is 35.5. The second-order valence-corrected chi connectivity index (χ2v) is 6.27. The van der Waals surface area contributed by atoms with Crippen molar-refractivity contribution < 1.29 is 14.3 Å². The molecule has 0 amide bonds. The van der Waals surface area contributed by atoms with Crippen LogP contribution < -0.4 is 9.47 Å². The Morgan fingerprint density at radius 1 is 1.29 bits per heavy atom. The highest BCUT2D eigenvalue weighted by molar-refractivity contribution is 6.43. The van der Waals surface area contributed by atoms with Gasteiger partial charge in [0.25, 0.3) is 0 Å². The molecule has 0 saturated heterocycles. The van der Waals surface area contributed by atoms with Crippen molar-refractivity contribution in [3.8, 4) is 11.5 Å². The summed E-state index contributed by atoms with van der Waals surface area (Å²) in [7, 11) is 0. The van der Waals surface area contributed by atoms with Gasteiger partial charge in [-0.3, -0.25) is 4.79 Å². The molecule has 122 valence electrons. The lowest BCUT2D eigenvalue weighted by Gasteiger charge is -2.06. The maximum atomic E-state index is 12.5. The van der Waals surface area contributed by atoms with E-state index in [1.807, 2.05) is 6.92 Å². The van der Waals surface area contributed by atoms with E-state index in [4.69, 9.17) is 32.7 Å². The summed E-state index contributed by atoms with van der Waals surface area (Å²) in [5.74, 6) is 1.08. The van der Waals surface area contributed by atoms with Crippen LogP contribution in [0.4, 0.5) is 0 Å². The SMILES string of the molecule is C=C(C)COc1ccc2c(c1)O/C(=C\c1cccc(Cl)c1Cl)C2=O. The number of Topliss-reactive ketones (excluding diaryl/α,β-unsaturated/α-hetero) is 1. The molecule has 0 radical (unpaired) electrons. The first-order chi connectivity index (χ1) is 11.5. The molecule has 2 aromatic rings. The summed E-state index contributed by atoms with van der Waals surface area (Å²) in [5, 5.41) is 0.800. The van der Waals surface area contributed by atoms with E-state index in [1.54, 1.807) is 42.5 Å². The molecule has 0 N–H and O–H groups in total. The molecule has 24 heavy (non-hydrogen) atoms. The normalized spacial score (nSPS) is 14.5. The van der Waals surface area contributed by atoms with Gasteiger partial charge >= 0.3 is 0 Å². The van der Waals surface area contributed by atoms with Crippen molar-refractivity contribution in [2.24, 2.45) is 0 Å². The Hall–Kier alpha value is -2.23. The van der Waals surface area contributed by atoms with Gasteiger partial charge in [0.15, 0.2) is 5.76 Å². The van der Waals surface area contributed by atoms with Gasteiger partial charge in [-0.1, -0.05) is 41.9 Å². The number of benzene rings is 2. The van der Waals surface area contributed by atoms with Gasteiger partial charge in [-0.2, -0.15) is 0 Å². The number of ether oxygens (including phenoxy) is 2. The third-order valence-corrected chi connectivity index (χ3v) is 4.23. The molecule has 0 atom stereocenters. The minimum atomic E-state index is -0.201. The standard InChI is InChI=1S/C19H14Cl2O3/c1-11(2)10-23-13-6-7-14-16(9-13)24-17(19(14)22)8-12-4-3-5-15(20)18(12)21/h3-9H,1,10H2,2H3/b17-8-. The number of hydrogen-bond acceptors (Lipinski definition) is 3. The van der Waals surface area contributed by atoms with Crippen LogP contribution in [-0.4, -0.2) is 12.4 Å². The van der Waals surface area contributed by atoms with Crippen LogP contribution in [0.2, 0.25) is 10.0 Å². The molecular weight excluding hydrogens is 347 g/mol. The number of carbonyl (C=O) groups excluding carboxylic acids is 1. The van der Waals surface area contributed by atoms with Crippen LogP contribution in [0.3, 0.4) is 0 Å². The van der Waals surface area contributed by atoms with Crippen LogP contribution in [0.15, 0.2) is 54.3 Å². The summed E-state index contributed by atoms with van der Waals surface area (Å²) in [6.07, 6.45) is 1.59. The molecule has 0 bridgehead atoms. The molecule has 5 heteroatoms. The molecule has 0 unspecified atom stereocenters. The number of hydrogen-bond donors (Lipinski definition) is 0. The van der Waals surface area contributed by atoms with E-state index in [0.717, 1.165) is 5.57 Å². The van der Waals surface area contributed by atoms with Gasteiger partial charge in [0, 0.05) is 6.07 Å². The third kappa shape index (κ3) is 3.32. The molecule has 0 saturated carbocycles. The monoisotopic (exact) mass is 360 g/mol. The first-order valence-corrected chi connectivity index (χ1v) is 8.01. The zero-order valence-electron chi connectivity index (χ0n) is 12.9. The summed E-state index contributed by atoms with van der Waals surface area (Å²) < 4.78 is 11.2. The number of allylic oxidation sites excluding steroid dienone is 1. The second kappa shape index (κ2) is 6.71. The van der Waals surface area contributed by atoms with Gasteiger partial charge in [-0.05, 0) is 42.3 Å². The Labute approximate surface area is 150 Å². The van der Waals surface area contributed by atoms with Crippen molar-refractivity contribution in [1.29, 1.82) is 0 Å². The van der Waals surface area contributed by atoms with E-state index in [0.29, 0.717) is 39.3 Å². The molecule has 3 nitrogen and oxygen atoms in total. The molecular formula is C19H14Cl2O3. The Morgan fingerprint density at radius 3 is 2.83 bits per heavy atom. The molecule has 1 aliphatic heterocycles. The fraction of sp³-hybridized carbons (Fsp3) is 0.105. The van der Waals surface area contributed by atoms with Gasteiger partial charge in [-0.15, -0.1) is 0 Å². The summed E-state index contributed by atoms with van der Waals surface area (Å²) >= 11 is 12.2. The zero-order valence-corrected chi connectivity index (χ0v) is 14.4. The lowest BCUT2D eigenvalue weighted by Crippen LogP contribution is -1.98. The summed E-state index contributed by atoms with van der Waals surface area (Å²) in [6.45, 7) is 6.07. The van der Waals surface area contributed by atoms with Gasteiger partial charge in [0.05, 0.1) is 15.6 Å². The average molecular weight is 361 g/mol. The van der Waals surface area contributed by atoms with E-state index in [1.165, 1.54) is 0 Å². The molecule has 0 aliphatic carbocycles. The van der Waals surface area contributed by atoms with Crippen LogP contribution in [0.1, 0.15) is 22.8 Å². The molecule has 0 fully saturated rings. The highest BCUT2D eigenvalue weighted by Gasteiger charge is 2.28. The maximum absolute atomic E-state index is 12.5. The largest absolute Gasteiger partial charge is 0.489 e. The molecule has 0 spiro atoms. The van der Waals surface area contributed by atoms with E-state index in [2.05, 4.69) is 6.58 Å². The molecule has 3 rings (SSSR count). The maximum Gasteiger partial charge on any atom is 0.231 e. The summed E-state index contributed by atoms with van der Waals surface area (Å²) in [6, 6.07) is 10.3. The first kappa shape index (κ1) is 16.6. The van der Waals surface area contributed by atoms with Gasteiger partial charge < -0.3 is 9.47 Å². The topological polar surface area (TPSA) is 35.5 Å². The van der Waals surface area contributed by atoms with Gasteiger partial charge in [0.2, 0.25) is 5.78 Å². The lowest BCUT2D eigenvalue weighted by atomic mass is 10.1. The van der Waals surface area contributed by atoms with Crippen molar-refractivity contribution in [1.82, 2.24) is 0 Å². The second-order valence-electron chi connectivity index (χ2n) is 5.49. The fourth-order valence-electron chi connectivity index (χ4n) is 2.24. The van der Waals surface area contributed by atoms with Crippen LogP contribution in [0.5, 0.6) is 11.5 Å². The lowest BCUT2D eigenvalue weighted by molar-refractivity contribution is 0.101. The van der Waals surface area contributed by atoms with Crippen LogP contribution in [0, 0.1) is 0 Å². The average Bonchev–Trinajstić information content (AvgIpc) is 2.85. The number of halogens is 2. The Morgan fingerprint density at radius 2 is 2.08 bits per heavy atom. The highest BCUT2D eigenvalue weighted by Crippen LogP contribution is 2.36. The van der Waals surface area contributed by atoms with Crippen LogP contribution in [-0.2, 0) is 0 Å². The van der Waals surface area contributed by atoms with E-state index < -0.39 is 0 Å². The minimum Gasteiger partial charge on any atom is -0.489 e. The predicted octanol–water partition coefficient (Wildman–Crippen LogP) is 5.56. The first-order valence-electron chi connectivity index (χ1n) is 7.25. The molecule has 0 aromatic heterocycles. The van der Waals surface area contributed by atoms with Crippen molar-refractivity contribution >= 4 is 35.1 Å². The Balaban J connectivity index is 1.89. The third-order valence-electron chi connectivity index (χ3n) is 3.39. The number of rotatable bonds is 4. The summed E-state index contributed by atoms with van der Waals surface area (Å²) in [4.78, 5) is 12.5. The molecule has 1 aliphatic rings. The smallest absolute Gasteiger partial charge is 0.231 e. The fourth-order valence-corrected chi connectivity index (χ4v) is 2.60. The zero-order chi connectivity index (χ0) is 17.3. The minimum absolute atomic E-state index is 0.200. The van der Waals surface area contributed by atoms with Crippen LogP contribution >= 0.6 is 23.2 Å². The van der Waals surface area contributed by atoms with E-state index in [9.17, 15) is 4.79 Å². The number of carbonyl (C=O) groups is 1. The van der Waals surface area contributed by atoms with Crippen LogP contribution in [0.25, 0.3) is 6.08 Å². The molecule has 2 aromatic carbocycles. The Bertz CT molecular complexity index is 869. The van der Waals surface area contributed by atoms with Crippen molar-refractivity contribution in [2.75, 3.05) is 6.61 Å². The number of fused-ring (bicyclic) bond motifs is 1. The van der Waals surface area contributed by atoms with E-state index in [-0.39, 0.29) is 11.5 Å². The molecule has 1 heterocycles. The van der Waals surface area contributed by atoms with Gasteiger partial charge in [0.1, 0.15) is 18.1 Å². The Kier molecular flexibility index (Phi) is 4.65. The van der Waals surface area contributed by atoms with Crippen molar-refractivity contribution in [3.63, 3.8) is 0 Å².